The molecule has 0 unspecified atom stereocenters. The first kappa shape index (κ1) is 12.5. The van der Waals surface area contributed by atoms with Gasteiger partial charge in [0.1, 0.15) is 6.61 Å². The molecule has 0 saturated heterocycles. The Hall–Kier alpha value is -0.460. The largest absolute Gasteiger partial charge is 0.495 e. The molecule has 0 atom stereocenters. The van der Waals surface area contributed by atoms with Crippen LogP contribution in [-0.2, 0) is 4.74 Å². The molecule has 13 heavy (non-hydrogen) atoms. The van der Waals surface area contributed by atoms with Crippen molar-refractivity contribution in [2.75, 3.05) is 0 Å². The topological polar surface area (TPSA) is 9.23 Å². The van der Waals surface area contributed by atoms with E-state index in [2.05, 4.69) is 13.5 Å². The van der Waals surface area contributed by atoms with E-state index in [9.17, 15) is 0 Å². The van der Waals surface area contributed by atoms with E-state index in [1.165, 1.54) is 51.2 Å². The summed E-state index contributed by atoms with van der Waals surface area (Å²) in [6, 6.07) is 0. The highest BCUT2D eigenvalue weighted by Crippen LogP contribution is 2.09. The van der Waals surface area contributed by atoms with Crippen LogP contribution in [0.25, 0.3) is 0 Å². The molecule has 0 amide bonds. The van der Waals surface area contributed by atoms with Crippen LogP contribution in [0.5, 0.6) is 0 Å². The van der Waals surface area contributed by atoms with E-state index in [-0.39, 0.29) is 0 Å². The molecule has 0 aliphatic rings. The lowest BCUT2D eigenvalue weighted by Gasteiger charge is -2.00. The molecule has 0 aromatic carbocycles. The van der Waals surface area contributed by atoms with Crippen LogP contribution in [0.2, 0.25) is 0 Å². The fraction of sp³-hybridized carbons (Fsp3) is 0.750. The summed E-state index contributed by atoms with van der Waals surface area (Å²) in [4.78, 5) is 0. The molecule has 0 saturated carbocycles. The lowest BCUT2D eigenvalue weighted by atomic mass is 10.1. The lowest BCUT2D eigenvalue weighted by Crippen LogP contribution is -1.82. The molecule has 0 N–H and O–H groups in total. The zero-order chi connectivity index (χ0) is 9.78. The van der Waals surface area contributed by atoms with Crippen LogP contribution in [0.4, 0.5) is 0 Å². The highest BCUT2D eigenvalue weighted by atomic mass is 16.5. The molecule has 1 radical (unpaired) electrons. The molecule has 1 heteroatoms. The Labute approximate surface area is 83.2 Å². The molecule has 0 aliphatic carbocycles. The molecule has 0 rings (SSSR count). The van der Waals surface area contributed by atoms with Crippen molar-refractivity contribution in [3.05, 3.63) is 19.4 Å². The van der Waals surface area contributed by atoms with Gasteiger partial charge in [0.2, 0.25) is 0 Å². The second-order valence-corrected chi connectivity index (χ2v) is 3.38. The summed E-state index contributed by atoms with van der Waals surface area (Å²) in [6.45, 7) is 7.56. The van der Waals surface area contributed by atoms with Crippen molar-refractivity contribution >= 4 is 0 Å². The van der Waals surface area contributed by atoms with E-state index in [1.54, 1.807) is 0 Å². The lowest BCUT2D eigenvalue weighted by molar-refractivity contribution is 0.317. The van der Waals surface area contributed by atoms with E-state index in [1.807, 2.05) is 6.61 Å². The predicted molar refractivity (Wildman–Crippen MR) is 58.2 cm³/mol. The number of unbranched alkanes of at least 4 members (excludes halogenated alkanes) is 7. The number of hydrogen-bond donors (Lipinski definition) is 0. The van der Waals surface area contributed by atoms with E-state index < -0.39 is 0 Å². The summed E-state index contributed by atoms with van der Waals surface area (Å²) in [7, 11) is 0. The number of rotatable bonds is 10. The third kappa shape index (κ3) is 11.5. The smallest absolute Gasteiger partial charge is 0.134 e. The molecule has 1 nitrogen and oxygen atoms in total. The van der Waals surface area contributed by atoms with Gasteiger partial charge in [0, 0.05) is 0 Å². The minimum absolute atomic E-state index is 1.06. The average molecular weight is 183 g/mol. The Morgan fingerprint density at radius 3 is 2.23 bits per heavy atom. The van der Waals surface area contributed by atoms with Gasteiger partial charge in [-0.25, -0.2) is 0 Å². The van der Waals surface area contributed by atoms with Gasteiger partial charge in [-0.1, -0.05) is 52.0 Å². The Kier molecular flexibility index (Phi) is 11.1. The minimum Gasteiger partial charge on any atom is -0.495 e. The number of hydrogen-bond acceptors (Lipinski definition) is 1. The maximum atomic E-state index is 4.92. The Morgan fingerprint density at radius 1 is 1.00 bits per heavy atom. The molecule has 0 aliphatic heterocycles. The molecular weight excluding hydrogens is 160 g/mol. The molecule has 0 aromatic rings. The van der Waals surface area contributed by atoms with Crippen molar-refractivity contribution in [3.8, 4) is 0 Å². The summed E-state index contributed by atoms with van der Waals surface area (Å²) in [5, 5.41) is 0. The minimum atomic E-state index is 1.06. The van der Waals surface area contributed by atoms with Gasteiger partial charge in [-0.3, -0.25) is 0 Å². The molecule has 0 bridgehead atoms. The van der Waals surface area contributed by atoms with Crippen LogP contribution < -0.4 is 0 Å². The Bertz CT molecular complexity index is 99.3. The summed E-state index contributed by atoms with van der Waals surface area (Å²) in [5.74, 6) is 0. The van der Waals surface area contributed by atoms with Crippen molar-refractivity contribution in [3.63, 3.8) is 0 Å². The standard InChI is InChI=1S/C12H23O/c1-3-5-6-7-8-9-10-11-12-13-4-2/h4,12H,2-3,5-11H2,1H3. The van der Waals surface area contributed by atoms with Crippen molar-refractivity contribution in [2.45, 2.75) is 58.3 Å². The van der Waals surface area contributed by atoms with Gasteiger partial charge in [-0.2, -0.15) is 0 Å². The van der Waals surface area contributed by atoms with Gasteiger partial charge in [-0.15, -0.1) is 0 Å². The van der Waals surface area contributed by atoms with E-state index in [0.29, 0.717) is 0 Å². The molecule has 77 valence electrons. The third-order valence-corrected chi connectivity index (χ3v) is 2.12. The van der Waals surface area contributed by atoms with Gasteiger partial charge in [0.15, 0.2) is 0 Å². The first-order chi connectivity index (χ1) is 6.41. The van der Waals surface area contributed by atoms with Crippen LogP contribution in [0.3, 0.4) is 0 Å². The van der Waals surface area contributed by atoms with Crippen LogP contribution in [-0.4, -0.2) is 0 Å². The monoisotopic (exact) mass is 183 g/mol. The Morgan fingerprint density at radius 2 is 1.62 bits per heavy atom. The quantitative estimate of drug-likeness (QED) is 0.359. The summed E-state index contributed by atoms with van der Waals surface area (Å²) < 4.78 is 4.92. The summed E-state index contributed by atoms with van der Waals surface area (Å²) >= 11 is 0. The van der Waals surface area contributed by atoms with Crippen LogP contribution in [0.15, 0.2) is 12.8 Å². The summed E-state index contributed by atoms with van der Waals surface area (Å²) in [6.07, 6.45) is 12.0. The first-order valence-corrected chi connectivity index (χ1v) is 5.50. The zero-order valence-corrected chi connectivity index (χ0v) is 8.93. The molecule has 0 spiro atoms. The SMILES string of the molecule is C=CO[CH]CCCCCCCCC. The van der Waals surface area contributed by atoms with Gasteiger partial charge in [-0.05, 0) is 12.8 Å². The predicted octanol–water partition coefficient (Wildman–Crippen LogP) is 4.45. The van der Waals surface area contributed by atoms with E-state index in [0.717, 1.165) is 6.42 Å². The summed E-state index contributed by atoms with van der Waals surface area (Å²) in [5.41, 5.74) is 0. The van der Waals surface area contributed by atoms with Gasteiger partial charge in [0.25, 0.3) is 0 Å². The fourth-order valence-corrected chi connectivity index (χ4v) is 1.32. The van der Waals surface area contributed by atoms with Crippen molar-refractivity contribution < 1.29 is 4.74 Å². The van der Waals surface area contributed by atoms with Crippen molar-refractivity contribution in [1.82, 2.24) is 0 Å². The maximum absolute atomic E-state index is 4.92. The van der Waals surface area contributed by atoms with Crippen molar-refractivity contribution in [1.29, 1.82) is 0 Å². The van der Waals surface area contributed by atoms with Crippen LogP contribution >= 0.6 is 0 Å². The second kappa shape index (κ2) is 11.5. The fourth-order valence-electron chi connectivity index (χ4n) is 1.32. The normalized spacial score (nSPS) is 9.92. The highest BCUT2D eigenvalue weighted by Gasteiger charge is 1.91. The van der Waals surface area contributed by atoms with Crippen LogP contribution in [0, 0.1) is 6.61 Å². The maximum Gasteiger partial charge on any atom is 0.134 e. The molecule has 0 heterocycles. The van der Waals surface area contributed by atoms with Gasteiger partial charge < -0.3 is 4.74 Å². The molecular formula is C12H23O. The molecule has 0 fully saturated rings. The third-order valence-electron chi connectivity index (χ3n) is 2.12. The second-order valence-electron chi connectivity index (χ2n) is 3.38. The first-order valence-electron chi connectivity index (χ1n) is 5.50. The number of ether oxygens (including phenoxy) is 1. The van der Waals surface area contributed by atoms with E-state index in [4.69, 9.17) is 4.74 Å². The Balaban J connectivity index is 2.79. The zero-order valence-electron chi connectivity index (χ0n) is 8.93. The van der Waals surface area contributed by atoms with Gasteiger partial charge >= 0.3 is 0 Å². The van der Waals surface area contributed by atoms with Gasteiger partial charge in [0.05, 0.1) is 6.26 Å². The van der Waals surface area contributed by atoms with Crippen LogP contribution in [0.1, 0.15) is 58.3 Å². The highest BCUT2D eigenvalue weighted by molar-refractivity contribution is 4.58. The molecule has 0 aromatic heterocycles. The average Bonchev–Trinajstić information content (AvgIpc) is 2.16. The van der Waals surface area contributed by atoms with E-state index >= 15 is 0 Å². The van der Waals surface area contributed by atoms with Crippen molar-refractivity contribution in [2.24, 2.45) is 0 Å².